The number of nitrogens with two attached hydrogens (primary N) is 1. The first-order valence-corrected chi connectivity index (χ1v) is 6.66. The molecule has 17 heavy (non-hydrogen) atoms. The molecule has 1 unspecified atom stereocenters. The number of nitrogens with zero attached hydrogens (tertiary/aromatic N) is 2. The van der Waals surface area contributed by atoms with Gasteiger partial charge in [0.25, 0.3) is 0 Å². The third-order valence-electron chi connectivity index (χ3n) is 2.91. The Morgan fingerprint density at radius 3 is 3.00 bits per heavy atom. The average molecular weight is 250 g/mol. The molecule has 0 radical (unpaired) electrons. The van der Waals surface area contributed by atoms with Crippen molar-refractivity contribution in [2.45, 2.75) is 5.25 Å². The number of fused-ring (bicyclic) bond motifs is 3. The van der Waals surface area contributed by atoms with Crippen molar-refractivity contribution in [3.63, 3.8) is 0 Å². The van der Waals surface area contributed by atoms with Gasteiger partial charge in [-0.15, -0.1) is 0 Å². The van der Waals surface area contributed by atoms with Crippen LogP contribution in [-0.4, -0.2) is 24.9 Å². The van der Waals surface area contributed by atoms with E-state index in [-0.39, 0.29) is 6.54 Å². The fourth-order valence-corrected chi connectivity index (χ4v) is 3.04. The Balaban J connectivity index is 2.36. The van der Waals surface area contributed by atoms with Crippen LogP contribution in [0.2, 0.25) is 0 Å². The fraction of sp³-hybridized carbons (Fsp3) is 0.200. The molecule has 0 amide bonds. The van der Waals surface area contributed by atoms with Gasteiger partial charge in [-0.3, -0.25) is 9.97 Å². The predicted molar refractivity (Wildman–Crippen MR) is 63.9 cm³/mol. The maximum absolute atomic E-state index is 11.5. The molecule has 0 fully saturated rings. The molecular formula is C10H10N4O2S. The fourth-order valence-electron chi connectivity index (χ4n) is 2.14. The largest absolute Gasteiger partial charge is 0.382 e. The predicted octanol–water partition coefficient (Wildman–Crippen LogP) is 0.385. The van der Waals surface area contributed by atoms with Crippen molar-refractivity contribution in [1.29, 1.82) is 0 Å². The van der Waals surface area contributed by atoms with Gasteiger partial charge in [0.1, 0.15) is 5.25 Å². The average Bonchev–Trinajstić information content (AvgIpc) is 2.72. The van der Waals surface area contributed by atoms with Gasteiger partial charge in [-0.2, -0.15) is 0 Å². The topological polar surface area (TPSA) is 98.0 Å². The van der Waals surface area contributed by atoms with E-state index in [0.29, 0.717) is 11.1 Å². The van der Waals surface area contributed by atoms with Crippen LogP contribution in [0.1, 0.15) is 10.8 Å². The zero-order valence-corrected chi connectivity index (χ0v) is 9.61. The van der Waals surface area contributed by atoms with Crippen molar-refractivity contribution < 1.29 is 8.42 Å². The van der Waals surface area contributed by atoms with Gasteiger partial charge in [-0.1, -0.05) is 0 Å². The number of primary sulfonamides is 1. The van der Waals surface area contributed by atoms with Crippen LogP contribution in [0.25, 0.3) is 10.9 Å². The first-order chi connectivity index (χ1) is 8.07. The quantitative estimate of drug-likeness (QED) is 0.762. The number of rotatable bonds is 1. The molecule has 2 aromatic heterocycles. The van der Waals surface area contributed by atoms with Crippen LogP contribution in [0.3, 0.4) is 0 Å². The highest BCUT2D eigenvalue weighted by Crippen LogP contribution is 2.37. The lowest BCUT2D eigenvalue weighted by atomic mass is 10.1. The Labute approximate surface area is 97.9 Å². The summed E-state index contributed by atoms with van der Waals surface area (Å²) in [5, 5.41) is 8.31. The van der Waals surface area contributed by atoms with Gasteiger partial charge in [-0.05, 0) is 6.07 Å². The van der Waals surface area contributed by atoms with Crippen molar-refractivity contribution in [3.8, 4) is 0 Å². The molecule has 0 aliphatic carbocycles. The highest BCUT2D eigenvalue weighted by molar-refractivity contribution is 7.89. The second kappa shape index (κ2) is 3.38. The van der Waals surface area contributed by atoms with Crippen LogP contribution in [0.4, 0.5) is 5.69 Å². The van der Waals surface area contributed by atoms with Crippen molar-refractivity contribution in [3.05, 3.63) is 30.2 Å². The molecule has 6 nitrogen and oxygen atoms in total. The summed E-state index contributed by atoms with van der Waals surface area (Å²) in [6, 6.07) is 1.76. The first kappa shape index (κ1) is 10.4. The van der Waals surface area contributed by atoms with Gasteiger partial charge in [0.15, 0.2) is 0 Å². The van der Waals surface area contributed by atoms with Crippen LogP contribution < -0.4 is 10.5 Å². The molecule has 1 atom stereocenters. The van der Waals surface area contributed by atoms with Crippen LogP contribution in [0.15, 0.2) is 24.7 Å². The molecular weight excluding hydrogens is 240 g/mol. The minimum absolute atomic E-state index is 0.289. The summed E-state index contributed by atoms with van der Waals surface area (Å²) < 4.78 is 23.1. The Bertz CT molecular complexity index is 699. The number of sulfonamides is 1. The minimum atomic E-state index is -3.62. The SMILES string of the molecule is NS(=O)(=O)C1CNc2cnc3cnccc3c21. The first-order valence-electron chi connectivity index (χ1n) is 5.05. The van der Waals surface area contributed by atoms with E-state index in [2.05, 4.69) is 15.3 Å². The molecule has 7 heteroatoms. The summed E-state index contributed by atoms with van der Waals surface area (Å²) in [6.45, 7) is 0.289. The van der Waals surface area contributed by atoms with Gasteiger partial charge < -0.3 is 5.32 Å². The lowest BCUT2D eigenvalue weighted by Crippen LogP contribution is -2.23. The van der Waals surface area contributed by atoms with E-state index >= 15 is 0 Å². The molecule has 1 aliphatic rings. The Morgan fingerprint density at radius 2 is 2.24 bits per heavy atom. The molecule has 0 saturated carbocycles. The van der Waals surface area contributed by atoms with E-state index in [1.807, 2.05) is 0 Å². The van der Waals surface area contributed by atoms with Crippen LogP contribution in [0, 0.1) is 0 Å². The number of anilines is 1. The summed E-state index contributed by atoms with van der Waals surface area (Å²) in [5.41, 5.74) is 2.09. The van der Waals surface area contributed by atoms with Crippen molar-refractivity contribution in [2.75, 3.05) is 11.9 Å². The Morgan fingerprint density at radius 1 is 1.41 bits per heavy atom. The maximum atomic E-state index is 11.5. The normalized spacial score (nSPS) is 19.0. The standard InChI is InChI=1S/C10H10N4O2S/c11-17(15,16)9-5-14-8-4-13-7-3-12-2-1-6(7)10(8)9/h1-4,9,14H,5H2,(H2,11,15,16). The summed E-state index contributed by atoms with van der Waals surface area (Å²) in [6.07, 6.45) is 4.83. The summed E-state index contributed by atoms with van der Waals surface area (Å²) in [5.74, 6) is 0. The summed E-state index contributed by atoms with van der Waals surface area (Å²) >= 11 is 0. The van der Waals surface area contributed by atoms with Crippen molar-refractivity contribution in [1.82, 2.24) is 9.97 Å². The highest BCUT2D eigenvalue weighted by Gasteiger charge is 2.33. The third-order valence-corrected chi connectivity index (χ3v) is 4.11. The zero-order valence-electron chi connectivity index (χ0n) is 8.79. The Hall–Kier alpha value is -1.73. The minimum Gasteiger partial charge on any atom is -0.382 e. The maximum Gasteiger partial charge on any atom is 0.218 e. The molecule has 0 aromatic carbocycles. The van der Waals surface area contributed by atoms with Gasteiger partial charge in [-0.25, -0.2) is 13.6 Å². The molecule has 3 heterocycles. The number of nitrogens with one attached hydrogen (secondary N) is 1. The van der Waals surface area contributed by atoms with Gasteiger partial charge in [0.2, 0.25) is 10.0 Å². The van der Waals surface area contributed by atoms with E-state index in [9.17, 15) is 8.42 Å². The second-order valence-electron chi connectivity index (χ2n) is 3.94. The van der Waals surface area contributed by atoms with E-state index < -0.39 is 15.3 Å². The lowest BCUT2D eigenvalue weighted by Gasteiger charge is -2.09. The smallest absolute Gasteiger partial charge is 0.218 e. The zero-order chi connectivity index (χ0) is 12.0. The molecule has 0 saturated heterocycles. The number of aromatic nitrogens is 2. The van der Waals surface area contributed by atoms with E-state index in [4.69, 9.17) is 5.14 Å². The number of pyridine rings is 2. The molecule has 3 rings (SSSR count). The van der Waals surface area contributed by atoms with Gasteiger partial charge >= 0.3 is 0 Å². The molecule has 3 N–H and O–H groups in total. The molecule has 88 valence electrons. The monoisotopic (exact) mass is 250 g/mol. The summed E-state index contributed by atoms with van der Waals surface area (Å²) in [4.78, 5) is 8.17. The van der Waals surface area contributed by atoms with Crippen LogP contribution >= 0.6 is 0 Å². The van der Waals surface area contributed by atoms with Gasteiger partial charge in [0.05, 0.1) is 23.6 Å². The highest BCUT2D eigenvalue weighted by atomic mass is 32.2. The third kappa shape index (κ3) is 1.55. The Kier molecular flexibility index (Phi) is 2.07. The van der Waals surface area contributed by atoms with E-state index in [1.54, 1.807) is 24.7 Å². The van der Waals surface area contributed by atoms with E-state index in [1.165, 1.54) is 0 Å². The molecule has 0 bridgehead atoms. The van der Waals surface area contributed by atoms with Crippen molar-refractivity contribution in [2.24, 2.45) is 5.14 Å². The molecule has 2 aromatic rings. The van der Waals surface area contributed by atoms with E-state index in [0.717, 1.165) is 11.1 Å². The van der Waals surface area contributed by atoms with Crippen LogP contribution in [-0.2, 0) is 10.0 Å². The lowest BCUT2D eigenvalue weighted by molar-refractivity contribution is 0.588. The molecule has 1 aliphatic heterocycles. The van der Waals surface area contributed by atoms with Crippen molar-refractivity contribution >= 4 is 26.6 Å². The second-order valence-corrected chi connectivity index (χ2v) is 5.68. The van der Waals surface area contributed by atoms with Gasteiger partial charge in [0, 0.05) is 23.7 Å². The molecule has 0 spiro atoms. The summed E-state index contributed by atoms with van der Waals surface area (Å²) in [7, 11) is -3.62. The van der Waals surface area contributed by atoms with Crippen LogP contribution in [0.5, 0.6) is 0 Å². The number of hydrogen-bond acceptors (Lipinski definition) is 5. The number of hydrogen-bond donors (Lipinski definition) is 2.